The van der Waals surface area contributed by atoms with Crippen LogP contribution in [0.25, 0.3) is 0 Å². The standard InChI is InChI=1S/C18H18O2/c1-20-18(19)17-12-15-10-6-5-9-14(15)11-16(17)13-7-3-2-4-8-13/h2-10,16-17H,11-12H2,1H3/t16-,17+/m1/s1. The third-order valence-corrected chi connectivity index (χ3v) is 4.22. The normalized spacial score (nSPS) is 21.1. The summed E-state index contributed by atoms with van der Waals surface area (Å²) in [5.41, 5.74) is 3.84. The molecule has 0 radical (unpaired) electrons. The van der Waals surface area contributed by atoms with E-state index >= 15 is 0 Å². The molecule has 0 spiro atoms. The summed E-state index contributed by atoms with van der Waals surface area (Å²) >= 11 is 0. The minimum atomic E-state index is -0.103. The lowest BCUT2D eigenvalue weighted by Gasteiger charge is -2.31. The molecule has 0 amide bonds. The molecule has 2 heteroatoms. The van der Waals surface area contributed by atoms with Crippen molar-refractivity contribution in [1.82, 2.24) is 0 Å². The second kappa shape index (κ2) is 5.49. The molecule has 0 saturated carbocycles. The first-order valence-corrected chi connectivity index (χ1v) is 6.99. The monoisotopic (exact) mass is 266 g/mol. The number of esters is 1. The zero-order valence-corrected chi connectivity index (χ0v) is 11.6. The topological polar surface area (TPSA) is 26.3 Å². The van der Waals surface area contributed by atoms with Crippen molar-refractivity contribution in [2.24, 2.45) is 5.92 Å². The number of rotatable bonds is 2. The van der Waals surface area contributed by atoms with Gasteiger partial charge in [0.25, 0.3) is 0 Å². The van der Waals surface area contributed by atoms with Crippen molar-refractivity contribution in [2.75, 3.05) is 7.11 Å². The van der Waals surface area contributed by atoms with Crippen LogP contribution >= 0.6 is 0 Å². The number of hydrogen-bond acceptors (Lipinski definition) is 2. The van der Waals surface area contributed by atoms with E-state index in [2.05, 4.69) is 30.3 Å². The Hall–Kier alpha value is -2.09. The van der Waals surface area contributed by atoms with E-state index in [1.807, 2.05) is 24.3 Å². The van der Waals surface area contributed by atoms with Crippen LogP contribution in [-0.4, -0.2) is 13.1 Å². The molecule has 2 nitrogen and oxygen atoms in total. The van der Waals surface area contributed by atoms with E-state index in [1.54, 1.807) is 0 Å². The molecule has 0 fully saturated rings. The van der Waals surface area contributed by atoms with Gasteiger partial charge in [0.1, 0.15) is 0 Å². The molecule has 102 valence electrons. The average Bonchev–Trinajstić information content (AvgIpc) is 2.53. The number of hydrogen-bond donors (Lipinski definition) is 0. The van der Waals surface area contributed by atoms with Crippen molar-refractivity contribution in [3.63, 3.8) is 0 Å². The number of ether oxygens (including phenoxy) is 1. The zero-order chi connectivity index (χ0) is 13.9. The van der Waals surface area contributed by atoms with Crippen LogP contribution in [0.5, 0.6) is 0 Å². The van der Waals surface area contributed by atoms with Crippen LogP contribution in [0.3, 0.4) is 0 Å². The quantitative estimate of drug-likeness (QED) is 0.779. The van der Waals surface area contributed by atoms with Gasteiger partial charge in [-0.15, -0.1) is 0 Å². The Labute approximate surface area is 119 Å². The van der Waals surface area contributed by atoms with Crippen LogP contribution in [0.4, 0.5) is 0 Å². The summed E-state index contributed by atoms with van der Waals surface area (Å²) in [5.74, 6) is 0.0178. The van der Waals surface area contributed by atoms with Crippen molar-refractivity contribution in [2.45, 2.75) is 18.8 Å². The van der Waals surface area contributed by atoms with Gasteiger partial charge in [0.15, 0.2) is 0 Å². The Morgan fingerprint density at radius 3 is 2.20 bits per heavy atom. The van der Waals surface area contributed by atoms with Crippen molar-refractivity contribution >= 4 is 5.97 Å². The Morgan fingerprint density at radius 1 is 0.950 bits per heavy atom. The maximum absolute atomic E-state index is 12.1. The Bertz CT molecular complexity index is 604. The highest BCUT2D eigenvalue weighted by atomic mass is 16.5. The summed E-state index contributed by atoms with van der Waals surface area (Å²) in [6.45, 7) is 0. The largest absolute Gasteiger partial charge is 0.469 e. The van der Waals surface area contributed by atoms with Crippen molar-refractivity contribution < 1.29 is 9.53 Å². The number of carbonyl (C=O) groups excluding carboxylic acids is 1. The smallest absolute Gasteiger partial charge is 0.309 e. The molecular formula is C18H18O2. The Morgan fingerprint density at radius 2 is 1.55 bits per heavy atom. The molecule has 2 atom stereocenters. The predicted octanol–water partition coefficient (Wildman–Crippen LogP) is 3.36. The van der Waals surface area contributed by atoms with Gasteiger partial charge in [0, 0.05) is 5.92 Å². The van der Waals surface area contributed by atoms with Crippen molar-refractivity contribution in [3.05, 3.63) is 71.3 Å². The minimum Gasteiger partial charge on any atom is -0.469 e. The van der Waals surface area contributed by atoms with Crippen LogP contribution < -0.4 is 0 Å². The fraction of sp³-hybridized carbons (Fsp3) is 0.278. The average molecular weight is 266 g/mol. The molecular weight excluding hydrogens is 248 g/mol. The van der Waals surface area contributed by atoms with Gasteiger partial charge in [-0.25, -0.2) is 0 Å². The van der Waals surface area contributed by atoms with Crippen molar-refractivity contribution in [1.29, 1.82) is 0 Å². The van der Waals surface area contributed by atoms with Gasteiger partial charge in [-0.3, -0.25) is 4.79 Å². The summed E-state index contributed by atoms with van der Waals surface area (Å²) in [6.07, 6.45) is 1.67. The number of fused-ring (bicyclic) bond motifs is 1. The van der Waals surface area contributed by atoms with Crippen LogP contribution in [-0.2, 0) is 22.4 Å². The maximum atomic E-state index is 12.1. The molecule has 0 aliphatic heterocycles. The van der Waals surface area contributed by atoms with E-state index in [0.29, 0.717) is 0 Å². The first-order valence-electron chi connectivity index (χ1n) is 6.99. The number of benzene rings is 2. The summed E-state index contributed by atoms with van der Waals surface area (Å²) < 4.78 is 5.02. The lowest BCUT2D eigenvalue weighted by atomic mass is 9.73. The molecule has 20 heavy (non-hydrogen) atoms. The first-order chi connectivity index (χ1) is 9.79. The van der Waals surface area contributed by atoms with E-state index in [1.165, 1.54) is 23.8 Å². The fourth-order valence-corrected chi connectivity index (χ4v) is 3.16. The van der Waals surface area contributed by atoms with Gasteiger partial charge < -0.3 is 4.74 Å². The van der Waals surface area contributed by atoms with Crippen LogP contribution in [0, 0.1) is 5.92 Å². The van der Waals surface area contributed by atoms with E-state index < -0.39 is 0 Å². The summed E-state index contributed by atoms with van der Waals surface area (Å²) in [7, 11) is 1.48. The molecule has 1 aliphatic rings. The molecule has 0 heterocycles. The van der Waals surface area contributed by atoms with E-state index in [-0.39, 0.29) is 17.8 Å². The van der Waals surface area contributed by atoms with Gasteiger partial charge in [0.2, 0.25) is 0 Å². The Kier molecular flexibility index (Phi) is 3.55. The highest BCUT2D eigenvalue weighted by molar-refractivity contribution is 5.74. The second-order valence-corrected chi connectivity index (χ2v) is 5.32. The molecule has 0 bridgehead atoms. The fourth-order valence-electron chi connectivity index (χ4n) is 3.16. The van der Waals surface area contributed by atoms with Gasteiger partial charge >= 0.3 is 5.97 Å². The SMILES string of the molecule is COC(=O)[C@H]1Cc2ccccc2C[C@@H]1c1ccccc1. The lowest BCUT2D eigenvalue weighted by Crippen LogP contribution is -2.31. The highest BCUT2D eigenvalue weighted by Crippen LogP contribution is 2.37. The molecule has 0 unspecified atom stereocenters. The van der Waals surface area contributed by atoms with Crippen LogP contribution in [0.15, 0.2) is 54.6 Å². The zero-order valence-electron chi connectivity index (χ0n) is 11.6. The third kappa shape index (κ3) is 2.34. The first kappa shape index (κ1) is 12.9. The number of methoxy groups -OCH3 is 1. The van der Waals surface area contributed by atoms with Gasteiger partial charge in [-0.2, -0.15) is 0 Å². The highest BCUT2D eigenvalue weighted by Gasteiger charge is 2.34. The maximum Gasteiger partial charge on any atom is 0.309 e. The van der Waals surface area contributed by atoms with Crippen molar-refractivity contribution in [3.8, 4) is 0 Å². The van der Waals surface area contributed by atoms with Crippen LogP contribution in [0.1, 0.15) is 22.6 Å². The van der Waals surface area contributed by atoms with E-state index in [9.17, 15) is 4.79 Å². The summed E-state index contributed by atoms with van der Waals surface area (Å²) in [6, 6.07) is 18.7. The van der Waals surface area contributed by atoms with Crippen LogP contribution in [0.2, 0.25) is 0 Å². The molecule has 2 aromatic carbocycles. The van der Waals surface area contributed by atoms with Gasteiger partial charge in [-0.05, 0) is 29.5 Å². The summed E-state index contributed by atoms with van der Waals surface area (Å²) in [4.78, 5) is 12.1. The minimum absolute atomic E-state index is 0.0858. The second-order valence-electron chi connectivity index (χ2n) is 5.32. The molecule has 3 rings (SSSR count). The predicted molar refractivity (Wildman–Crippen MR) is 78.5 cm³/mol. The molecule has 1 aliphatic carbocycles. The van der Waals surface area contributed by atoms with E-state index in [0.717, 1.165) is 12.8 Å². The van der Waals surface area contributed by atoms with E-state index in [4.69, 9.17) is 4.74 Å². The third-order valence-electron chi connectivity index (χ3n) is 4.22. The summed E-state index contributed by atoms with van der Waals surface area (Å²) in [5, 5.41) is 0. The molecule has 0 saturated heterocycles. The molecule has 2 aromatic rings. The van der Waals surface area contributed by atoms with Gasteiger partial charge in [-0.1, -0.05) is 54.6 Å². The molecule has 0 N–H and O–H groups in total. The number of carbonyl (C=O) groups is 1. The Balaban J connectivity index is 2.00. The van der Waals surface area contributed by atoms with Gasteiger partial charge in [0.05, 0.1) is 13.0 Å². The molecule has 0 aromatic heterocycles. The lowest BCUT2D eigenvalue weighted by molar-refractivity contribution is -0.146.